The van der Waals surface area contributed by atoms with E-state index in [4.69, 9.17) is 9.47 Å². The van der Waals surface area contributed by atoms with Crippen LogP contribution in [0.25, 0.3) is 0 Å². The van der Waals surface area contributed by atoms with E-state index in [1.807, 2.05) is 6.92 Å². The third-order valence-corrected chi connectivity index (χ3v) is 4.61. The number of hydrogen-bond acceptors (Lipinski definition) is 7. The number of rotatable bonds is 12. The SMILES string of the molecule is CCCCOC(=O)c1ccc(NC(=O)COC(=O)CCC(=O)Nc2cccc(C(C)=O)c2)cc1. The van der Waals surface area contributed by atoms with Gasteiger partial charge in [-0.05, 0) is 49.7 Å². The van der Waals surface area contributed by atoms with Crippen molar-refractivity contribution in [2.45, 2.75) is 39.5 Å². The zero-order valence-corrected chi connectivity index (χ0v) is 19.2. The van der Waals surface area contributed by atoms with Crippen LogP contribution in [-0.2, 0) is 23.9 Å². The fraction of sp³-hybridized carbons (Fsp3) is 0.320. The van der Waals surface area contributed by atoms with Crippen molar-refractivity contribution in [1.29, 1.82) is 0 Å². The highest BCUT2D eigenvalue weighted by atomic mass is 16.5. The molecular formula is C25H28N2O7. The van der Waals surface area contributed by atoms with Gasteiger partial charge in [0.05, 0.1) is 18.6 Å². The smallest absolute Gasteiger partial charge is 0.338 e. The Hall–Kier alpha value is -4.01. The minimum Gasteiger partial charge on any atom is -0.462 e. The molecule has 0 fully saturated rings. The number of anilines is 2. The molecule has 0 unspecified atom stereocenters. The van der Waals surface area contributed by atoms with Gasteiger partial charge in [0.1, 0.15) is 0 Å². The lowest BCUT2D eigenvalue weighted by atomic mass is 10.1. The topological polar surface area (TPSA) is 128 Å². The summed E-state index contributed by atoms with van der Waals surface area (Å²) in [6.45, 7) is 3.27. The van der Waals surface area contributed by atoms with Crippen LogP contribution in [0.2, 0.25) is 0 Å². The first kappa shape index (κ1) is 26.2. The van der Waals surface area contributed by atoms with Crippen molar-refractivity contribution in [3.63, 3.8) is 0 Å². The highest BCUT2D eigenvalue weighted by Gasteiger charge is 2.12. The van der Waals surface area contributed by atoms with Crippen LogP contribution in [0.15, 0.2) is 48.5 Å². The number of benzene rings is 2. The number of ether oxygens (including phenoxy) is 2. The van der Waals surface area contributed by atoms with Crippen molar-refractivity contribution in [3.8, 4) is 0 Å². The first-order valence-corrected chi connectivity index (χ1v) is 10.9. The van der Waals surface area contributed by atoms with Crippen LogP contribution in [0.3, 0.4) is 0 Å². The van der Waals surface area contributed by atoms with E-state index in [0.717, 1.165) is 12.8 Å². The van der Waals surface area contributed by atoms with Crippen molar-refractivity contribution in [1.82, 2.24) is 0 Å². The lowest BCUT2D eigenvalue weighted by Gasteiger charge is -2.08. The molecule has 2 N–H and O–H groups in total. The summed E-state index contributed by atoms with van der Waals surface area (Å²) in [5.41, 5.74) is 1.71. The van der Waals surface area contributed by atoms with Gasteiger partial charge >= 0.3 is 11.9 Å². The standard InChI is InChI=1S/C25H28N2O7/c1-3-4-14-33-25(32)18-8-10-20(11-9-18)26-23(30)16-34-24(31)13-12-22(29)27-21-7-5-6-19(15-21)17(2)28/h5-11,15H,3-4,12-14,16H2,1-2H3,(H,26,30)(H,27,29). The van der Waals surface area contributed by atoms with Crippen molar-refractivity contribution in [2.24, 2.45) is 0 Å². The largest absolute Gasteiger partial charge is 0.462 e. The Morgan fingerprint density at radius 3 is 2.18 bits per heavy atom. The maximum absolute atomic E-state index is 12.0. The average molecular weight is 469 g/mol. The van der Waals surface area contributed by atoms with Gasteiger partial charge in [0.25, 0.3) is 5.91 Å². The van der Waals surface area contributed by atoms with Crippen LogP contribution >= 0.6 is 0 Å². The van der Waals surface area contributed by atoms with Crippen LogP contribution in [0.4, 0.5) is 11.4 Å². The van der Waals surface area contributed by atoms with E-state index in [2.05, 4.69) is 10.6 Å². The quantitative estimate of drug-likeness (QED) is 0.276. The van der Waals surface area contributed by atoms with Crippen LogP contribution < -0.4 is 10.6 Å². The normalized spacial score (nSPS) is 10.2. The number of nitrogens with one attached hydrogen (secondary N) is 2. The number of carbonyl (C=O) groups excluding carboxylic acids is 5. The predicted molar refractivity (Wildman–Crippen MR) is 126 cm³/mol. The Balaban J connectivity index is 1.70. The van der Waals surface area contributed by atoms with Gasteiger partial charge in [0.2, 0.25) is 5.91 Å². The van der Waals surface area contributed by atoms with Crippen molar-refractivity contribution in [2.75, 3.05) is 23.8 Å². The zero-order chi connectivity index (χ0) is 24.9. The Kier molecular flexibility index (Phi) is 10.4. The molecule has 0 aromatic heterocycles. The molecule has 0 atom stereocenters. The van der Waals surface area contributed by atoms with E-state index >= 15 is 0 Å². The highest BCUT2D eigenvalue weighted by Crippen LogP contribution is 2.13. The summed E-state index contributed by atoms with van der Waals surface area (Å²) in [5, 5.41) is 5.16. The van der Waals surface area contributed by atoms with Crippen molar-refractivity contribution < 1.29 is 33.4 Å². The predicted octanol–water partition coefficient (Wildman–Crippen LogP) is 3.75. The molecule has 0 heterocycles. The van der Waals surface area contributed by atoms with E-state index in [1.54, 1.807) is 36.4 Å². The molecule has 34 heavy (non-hydrogen) atoms. The minimum absolute atomic E-state index is 0.126. The lowest BCUT2D eigenvalue weighted by molar-refractivity contribution is -0.147. The molecule has 2 aromatic rings. The molecule has 9 nitrogen and oxygen atoms in total. The summed E-state index contributed by atoms with van der Waals surface area (Å²) in [4.78, 5) is 59.1. The number of Topliss-reactive ketones (excluding diaryl/α,β-unsaturated/α-hetero) is 1. The van der Waals surface area contributed by atoms with Crippen molar-refractivity contribution in [3.05, 3.63) is 59.7 Å². The highest BCUT2D eigenvalue weighted by molar-refractivity contribution is 5.98. The molecule has 2 rings (SSSR count). The van der Waals surface area contributed by atoms with Gasteiger partial charge in [-0.2, -0.15) is 0 Å². The van der Waals surface area contributed by atoms with Gasteiger partial charge in [-0.3, -0.25) is 19.2 Å². The summed E-state index contributed by atoms with van der Waals surface area (Å²) in [6.07, 6.45) is 1.37. The molecule has 2 aromatic carbocycles. The van der Waals surface area contributed by atoms with Crippen LogP contribution in [0.1, 0.15) is 60.2 Å². The third kappa shape index (κ3) is 9.23. The second-order valence-electron chi connectivity index (χ2n) is 7.46. The fourth-order valence-corrected chi connectivity index (χ4v) is 2.75. The zero-order valence-electron chi connectivity index (χ0n) is 19.2. The lowest BCUT2D eigenvalue weighted by Crippen LogP contribution is -2.21. The number of carbonyl (C=O) groups is 5. The Morgan fingerprint density at radius 2 is 1.50 bits per heavy atom. The molecule has 0 saturated carbocycles. The van der Waals surface area contributed by atoms with Gasteiger partial charge in [-0.1, -0.05) is 25.5 Å². The van der Waals surface area contributed by atoms with E-state index in [-0.39, 0.29) is 18.6 Å². The Morgan fingerprint density at radius 1 is 0.794 bits per heavy atom. The van der Waals surface area contributed by atoms with E-state index < -0.39 is 30.4 Å². The van der Waals surface area contributed by atoms with E-state index in [1.165, 1.54) is 19.1 Å². The molecule has 180 valence electrons. The van der Waals surface area contributed by atoms with Gasteiger partial charge in [-0.25, -0.2) is 4.79 Å². The van der Waals surface area contributed by atoms with Crippen LogP contribution in [0, 0.1) is 0 Å². The first-order valence-electron chi connectivity index (χ1n) is 10.9. The van der Waals surface area contributed by atoms with E-state index in [0.29, 0.717) is 29.1 Å². The van der Waals surface area contributed by atoms with Gasteiger partial charge in [0, 0.05) is 23.4 Å². The van der Waals surface area contributed by atoms with E-state index in [9.17, 15) is 24.0 Å². The molecular weight excluding hydrogens is 440 g/mol. The Labute approximate surface area is 197 Å². The summed E-state index contributed by atoms with van der Waals surface area (Å²) in [7, 11) is 0. The summed E-state index contributed by atoms with van der Waals surface area (Å²) in [5.74, 6) is -2.24. The third-order valence-electron chi connectivity index (χ3n) is 4.61. The molecule has 0 aliphatic heterocycles. The maximum Gasteiger partial charge on any atom is 0.338 e. The number of ketones is 1. The van der Waals surface area contributed by atoms with Gasteiger partial charge in [0.15, 0.2) is 12.4 Å². The molecule has 0 bridgehead atoms. The van der Waals surface area contributed by atoms with Crippen LogP contribution in [0.5, 0.6) is 0 Å². The molecule has 9 heteroatoms. The molecule has 0 aliphatic carbocycles. The molecule has 2 amide bonds. The second-order valence-corrected chi connectivity index (χ2v) is 7.46. The summed E-state index contributed by atoms with van der Waals surface area (Å²) < 4.78 is 10.0. The van der Waals surface area contributed by atoms with Crippen molar-refractivity contribution >= 4 is 40.9 Å². The monoisotopic (exact) mass is 468 g/mol. The number of unbranched alkanes of at least 4 members (excludes halogenated alkanes) is 1. The number of esters is 2. The number of hydrogen-bond donors (Lipinski definition) is 2. The minimum atomic E-state index is -0.701. The molecule has 0 aliphatic rings. The summed E-state index contributed by atoms with van der Waals surface area (Å²) >= 11 is 0. The number of amides is 2. The fourth-order valence-electron chi connectivity index (χ4n) is 2.75. The van der Waals surface area contributed by atoms with Gasteiger partial charge < -0.3 is 20.1 Å². The Bertz CT molecular complexity index is 1030. The average Bonchev–Trinajstić information content (AvgIpc) is 2.82. The maximum atomic E-state index is 12.0. The summed E-state index contributed by atoms with van der Waals surface area (Å²) in [6, 6.07) is 12.6. The molecule has 0 spiro atoms. The van der Waals surface area contributed by atoms with Gasteiger partial charge in [-0.15, -0.1) is 0 Å². The molecule has 0 radical (unpaired) electrons. The second kappa shape index (κ2) is 13.5. The van der Waals surface area contributed by atoms with Crippen LogP contribution in [-0.4, -0.2) is 42.7 Å². The first-order chi connectivity index (χ1) is 16.3. The molecule has 0 saturated heterocycles.